The standard InChI is InChI=1S/C17H19Cl2N3O2/c1-8-13-11(2-4-20-17(8)23)22-16-14(13)12(6-10(18)15(16)19)21-9-3-5-24-7-9/h6,8-9,21-22H,2-5,7H2,1H3,(H,20,23)/t8-,9+/m1/s1. The average molecular weight is 368 g/mol. The molecular weight excluding hydrogens is 349 g/mol. The van der Waals surface area contributed by atoms with Gasteiger partial charge in [-0.05, 0) is 25.0 Å². The molecule has 0 unspecified atom stereocenters. The molecule has 0 spiro atoms. The highest BCUT2D eigenvalue weighted by Gasteiger charge is 2.29. The van der Waals surface area contributed by atoms with Crippen molar-refractivity contribution in [2.75, 3.05) is 25.1 Å². The van der Waals surface area contributed by atoms with Gasteiger partial charge in [0.1, 0.15) is 0 Å². The summed E-state index contributed by atoms with van der Waals surface area (Å²) in [5.74, 6) is -0.204. The second-order valence-electron chi connectivity index (χ2n) is 6.45. The van der Waals surface area contributed by atoms with Gasteiger partial charge >= 0.3 is 0 Å². The van der Waals surface area contributed by atoms with E-state index in [1.165, 1.54) is 0 Å². The lowest BCUT2D eigenvalue weighted by Gasteiger charge is -2.17. The third-order valence-electron chi connectivity index (χ3n) is 4.88. The van der Waals surface area contributed by atoms with Crippen LogP contribution in [0.5, 0.6) is 0 Å². The maximum absolute atomic E-state index is 12.3. The summed E-state index contributed by atoms with van der Waals surface area (Å²) in [6.07, 6.45) is 1.70. The maximum Gasteiger partial charge on any atom is 0.227 e. The normalized spacial score (nSPS) is 23.9. The lowest BCUT2D eigenvalue weighted by atomic mass is 9.96. The van der Waals surface area contributed by atoms with E-state index in [1.54, 1.807) is 0 Å². The van der Waals surface area contributed by atoms with Crippen molar-refractivity contribution in [3.63, 3.8) is 0 Å². The molecule has 0 aliphatic carbocycles. The number of anilines is 1. The van der Waals surface area contributed by atoms with Crippen LogP contribution in [0.4, 0.5) is 5.69 Å². The first-order chi connectivity index (χ1) is 11.6. The van der Waals surface area contributed by atoms with Crippen molar-refractivity contribution in [1.82, 2.24) is 10.3 Å². The maximum atomic E-state index is 12.3. The topological polar surface area (TPSA) is 66.2 Å². The number of fused-ring (bicyclic) bond motifs is 3. The predicted octanol–water partition coefficient (Wildman–Crippen LogP) is 3.45. The van der Waals surface area contributed by atoms with Gasteiger partial charge in [-0.25, -0.2) is 0 Å². The Labute approximate surface area is 150 Å². The Bertz CT molecular complexity index is 812. The Balaban J connectivity index is 1.92. The van der Waals surface area contributed by atoms with Gasteiger partial charge in [0, 0.05) is 36.3 Å². The summed E-state index contributed by atoms with van der Waals surface area (Å²) >= 11 is 12.8. The minimum absolute atomic E-state index is 0.0378. The molecule has 2 aliphatic rings. The molecule has 1 amide bonds. The zero-order chi connectivity index (χ0) is 16.8. The number of hydrogen-bond acceptors (Lipinski definition) is 3. The van der Waals surface area contributed by atoms with Crippen molar-refractivity contribution in [2.24, 2.45) is 0 Å². The molecule has 3 heterocycles. The zero-order valence-corrected chi connectivity index (χ0v) is 14.9. The van der Waals surface area contributed by atoms with Crippen molar-refractivity contribution in [2.45, 2.75) is 31.7 Å². The van der Waals surface area contributed by atoms with Crippen LogP contribution in [0.1, 0.15) is 30.5 Å². The van der Waals surface area contributed by atoms with Crippen LogP contribution in [-0.2, 0) is 16.0 Å². The Hall–Kier alpha value is -1.43. The summed E-state index contributed by atoms with van der Waals surface area (Å²) in [5.41, 5.74) is 3.77. The van der Waals surface area contributed by atoms with Crippen LogP contribution in [0, 0.1) is 0 Å². The molecule has 2 aliphatic heterocycles. The molecule has 1 aromatic heterocycles. The molecule has 7 heteroatoms. The molecule has 0 radical (unpaired) electrons. The van der Waals surface area contributed by atoms with Crippen LogP contribution >= 0.6 is 23.2 Å². The first-order valence-corrected chi connectivity index (χ1v) is 8.96. The quantitative estimate of drug-likeness (QED) is 0.761. The van der Waals surface area contributed by atoms with Crippen LogP contribution in [-0.4, -0.2) is 36.7 Å². The van der Waals surface area contributed by atoms with Gasteiger partial charge in [0.2, 0.25) is 5.91 Å². The van der Waals surface area contributed by atoms with Crippen molar-refractivity contribution >= 4 is 45.7 Å². The van der Waals surface area contributed by atoms with Gasteiger partial charge in [0.25, 0.3) is 0 Å². The Kier molecular flexibility index (Phi) is 4.11. The van der Waals surface area contributed by atoms with Crippen molar-refractivity contribution in [3.05, 3.63) is 27.4 Å². The predicted molar refractivity (Wildman–Crippen MR) is 96.3 cm³/mol. The van der Waals surface area contributed by atoms with Crippen molar-refractivity contribution in [1.29, 1.82) is 0 Å². The highest BCUT2D eigenvalue weighted by molar-refractivity contribution is 6.45. The Morgan fingerprint density at radius 3 is 2.96 bits per heavy atom. The molecule has 4 rings (SSSR count). The number of halogens is 2. The highest BCUT2D eigenvalue weighted by Crippen LogP contribution is 2.42. The zero-order valence-electron chi connectivity index (χ0n) is 13.3. The minimum Gasteiger partial charge on any atom is -0.379 e. The van der Waals surface area contributed by atoms with Crippen LogP contribution in [0.25, 0.3) is 10.9 Å². The number of carbonyl (C=O) groups is 1. The van der Waals surface area contributed by atoms with Crippen LogP contribution < -0.4 is 10.6 Å². The van der Waals surface area contributed by atoms with Gasteiger partial charge in [-0.1, -0.05) is 23.2 Å². The van der Waals surface area contributed by atoms with Crippen LogP contribution in [0.3, 0.4) is 0 Å². The molecule has 5 nitrogen and oxygen atoms in total. The summed E-state index contributed by atoms with van der Waals surface area (Å²) in [6, 6.07) is 2.10. The fraction of sp³-hybridized carbons (Fsp3) is 0.471. The Morgan fingerprint density at radius 1 is 1.38 bits per heavy atom. The number of amides is 1. The van der Waals surface area contributed by atoms with E-state index in [9.17, 15) is 4.79 Å². The second-order valence-corrected chi connectivity index (χ2v) is 7.24. The third-order valence-corrected chi connectivity index (χ3v) is 5.67. The smallest absolute Gasteiger partial charge is 0.227 e. The fourth-order valence-corrected chi connectivity index (χ4v) is 4.04. The molecule has 3 N–H and O–H groups in total. The van der Waals surface area contributed by atoms with Gasteiger partial charge < -0.3 is 20.4 Å². The van der Waals surface area contributed by atoms with Gasteiger partial charge in [-0.2, -0.15) is 0 Å². The minimum atomic E-state index is -0.242. The van der Waals surface area contributed by atoms with E-state index in [4.69, 9.17) is 27.9 Å². The van der Waals surface area contributed by atoms with E-state index >= 15 is 0 Å². The molecule has 2 aromatic rings. The third kappa shape index (κ3) is 2.55. The molecule has 1 fully saturated rings. The number of H-pyrrole nitrogens is 1. The average Bonchev–Trinajstić information content (AvgIpc) is 3.16. The van der Waals surface area contributed by atoms with Gasteiger partial charge in [-0.15, -0.1) is 0 Å². The summed E-state index contributed by atoms with van der Waals surface area (Å²) < 4.78 is 5.45. The van der Waals surface area contributed by atoms with Gasteiger partial charge in [0.05, 0.1) is 34.1 Å². The molecular formula is C17H19Cl2N3O2. The number of nitrogens with one attached hydrogen (secondary N) is 3. The van der Waals surface area contributed by atoms with Crippen LogP contribution in [0.15, 0.2) is 6.07 Å². The van der Waals surface area contributed by atoms with Gasteiger partial charge in [0.15, 0.2) is 0 Å². The number of aromatic nitrogens is 1. The molecule has 2 atom stereocenters. The first kappa shape index (κ1) is 16.1. The van der Waals surface area contributed by atoms with E-state index in [-0.39, 0.29) is 17.9 Å². The summed E-state index contributed by atoms with van der Waals surface area (Å²) in [5, 5.41) is 8.44. The van der Waals surface area contributed by atoms with Gasteiger partial charge in [-0.3, -0.25) is 4.79 Å². The van der Waals surface area contributed by atoms with E-state index in [2.05, 4.69) is 15.6 Å². The van der Waals surface area contributed by atoms with E-state index < -0.39 is 0 Å². The molecule has 0 saturated carbocycles. The number of ether oxygens (including phenoxy) is 1. The summed E-state index contributed by atoms with van der Waals surface area (Å²) in [4.78, 5) is 15.7. The number of rotatable bonds is 2. The SMILES string of the molecule is C[C@H]1C(=O)NCCc2[nH]c3c(Cl)c(Cl)cc(N[C@H]4CCOC4)c3c21. The molecule has 128 valence electrons. The number of hydrogen-bond donors (Lipinski definition) is 3. The van der Waals surface area contributed by atoms with Crippen LogP contribution in [0.2, 0.25) is 10.0 Å². The molecule has 1 saturated heterocycles. The monoisotopic (exact) mass is 367 g/mol. The highest BCUT2D eigenvalue weighted by atomic mass is 35.5. The number of benzene rings is 1. The fourth-order valence-electron chi connectivity index (χ4n) is 3.64. The molecule has 24 heavy (non-hydrogen) atoms. The largest absolute Gasteiger partial charge is 0.379 e. The first-order valence-electron chi connectivity index (χ1n) is 8.20. The lowest BCUT2D eigenvalue weighted by molar-refractivity contribution is -0.121. The summed E-state index contributed by atoms with van der Waals surface area (Å²) in [7, 11) is 0. The molecule has 1 aromatic carbocycles. The van der Waals surface area contributed by atoms with E-state index in [0.29, 0.717) is 23.2 Å². The van der Waals surface area contributed by atoms with Crippen molar-refractivity contribution in [3.8, 4) is 0 Å². The number of carbonyl (C=O) groups excluding carboxylic acids is 1. The Morgan fingerprint density at radius 2 is 2.21 bits per heavy atom. The number of aromatic amines is 1. The molecule has 0 bridgehead atoms. The van der Waals surface area contributed by atoms with E-state index in [0.717, 1.165) is 47.3 Å². The summed E-state index contributed by atoms with van der Waals surface area (Å²) in [6.45, 7) is 3.97. The van der Waals surface area contributed by atoms with E-state index in [1.807, 2.05) is 13.0 Å². The van der Waals surface area contributed by atoms with Crippen molar-refractivity contribution < 1.29 is 9.53 Å². The lowest BCUT2D eigenvalue weighted by Crippen LogP contribution is -2.27. The second kappa shape index (κ2) is 6.14.